The quantitative estimate of drug-likeness (QED) is 0.357. The van der Waals surface area contributed by atoms with Gasteiger partial charge in [0.15, 0.2) is 0 Å². The molecule has 2 aliphatic rings. The van der Waals surface area contributed by atoms with Crippen molar-refractivity contribution in [1.82, 2.24) is 10.2 Å². The van der Waals surface area contributed by atoms with E-state index in [-0.39, 0.29) is 36.2 Å². The van der Waals surface area contributed by atoms with Gasteiger partial charge in [0.05, 0.1) is 11.8 Å². The Balaban J connectivity index is 1.92. The molecule has 1 saturated heterocycles. The number of allylic oxidation sites excluding steroid dienone is 1. The molecule has 5 atom stereocenters. The second kappa shape index (κ2) is 11.7. The number of aliphatic hydroxyl groups excluding tert-OH is 1. The number of unbranched alkanes of at least 4 members (excludes halogenated alkanes) is 2. The third-order valence-electron chi connectivity index (χ3n) is 6.72. The summed E-state index contributed by atoms with van der Waals surface area (Å²) in [5, 5.41) is 15.3. The maximum absolute atomic E-state index is 13.7. The van der Waals surface area contributed by atoms with Gasteiger partial charge in [0.2, 0.25) is 17.7 Å². The fraction of sp³-hybridized carbons (Fsp3) is 0.560. The lowest BCUT2D eigenvalue weighted by atomic mass is 9.68. The number of carbonyl (C=O) groups excluding carboxylic acids is 3. The maximum atomic E-state index is 13.7. The van der Waals surface area contributed by atoms with Gasteiger partial charge in [0.25, 0.3) is 0 Å². The fourth-order valence-electron chi connectivity index (χ4n) is 5.19. The number of halogens is 1. The Morgan fingerprint density at radius 2 is 1.82 bits per heavy atom. The van der Waals surface area contributed by atoms with Crippen LogP contribution in [0.15, 0.2) is 36.4 Å². The number of nitrogens with one attached hydrogen (secondary N) is 2. The summed E-state index contributed by atoms with van der Waals surface area (Å²) in [6.07, 6.45) is 7.80. The minimum atomic E-state index is -0.696. The number of rotatable bonds is 10. The van der Waals surface area contributed by atoms with E-state index in [1.165, 1.54) is 0 Å². The molecule has 0 unspecified atom stereocenters. The van der Waals surface area contributed by atoms with E-state index in [9.17, 15) is 14.4 Å². The number of carbonyl (C=O) groups is 3. The number of hydrogen-bond acceptors (Lipinski definition) is 4. The van der Waals surface area contributed by atoms with Crippen LogP contribution in [-0.4, -0.2) is 54.0 Å². The van der Waals surface area contributed by atoms with E-state index >= 15 is 0 Å². The molecule has 0 saturated carbocycles. The lowest BCUT2D eigenvalue weighted by molar-refractivity contribution is -0.140. The Morgan fingerprint density at radius 1 is 1.09 bits per heavy atom. The second-order valence-corrected chi connectivity index (χ2v) is 9.27. The van der Waals surface area contributed by atoms with Gasteiger partial charge in [-0.2, -0.15) is 0 Å². The molecule has 1 heterocycles. The van der Waals surface area contributed by atoms with E-state index in [1.807, 2.05) is 12.2 Å². The topological polar surface area (TPSA) is 98.7 Å². The van der Waals surface area contributed by atoms with Crippen molar-refractivity contribution in [1.29, 1.82) is 0 Å². The minimum Gasteiger partial charge on any atom is -0.396 e. The zero-order valence-corrected chi connectivity index (χ0v) is 20.1. The molecule has 3 rings (SSSR count). The summed E-state index contributed by atoms with van der Waals surface area (Å²) in [5.41, 5.74) is 0.604. The summed E-state index contributed by atoms with van der Waals surface area (Å²) in [6.45, 7) is 2.57. The molecule has 3 amide bonds. The van der Waals surface area contributed by atoms with E-state index < -0.39 is 17.9 Å². The monoisotopic (exact) mass is 475 g/mol. The van der Waals surface area contributed by atoms with Crippen molar-refractivity contribution in [3.05, 3.63) is 41.4 Å². The van der Waals surface area contributed by atoms with E-state index in [1.54, 1.807) is 36.2 Å². The molecule has 1 aromatic rings. The van der Waals surface area contributed by atoms with Crippen molar-refractivity contribution in [2.45, 2.75) is 45.1 Å². The van der Waals surface area contributed by atoms with E-state index in [2.05, 4.69) is 17.6 Å². The van der Waals surface area contributed by atoms with Gasteiger partial charge in [0.1, 0.15) is 6.04 Å². The molecule has 1 aliphatic carbocycles. The highest BCUT2D eigenvalue weighted by atomic mass is 35.5. The summed E-state index contributed by atoms with van der Waals surface area (Å²) < 4.78 is 0. The molecule has 1 fully saturated rings. The molecule has 1 aromatic carbocycles. The molecule has 0 spiro atoms. The highest BCUT2D eigenvalue weighted by molar-refractivity contribution is 6.30. The Kier molecular flexibility index (Phi) is 8.92. The van der Waals surface area contributed by atoms with E-state index in [0.29, 0.717) is 30.1 Å². The van der Waals surface area contributed by atoms with Crippen LogP contribution >= 0.6 is 11.6 Å². The first-order chi connectivity index (χ1) is 15.9. The van der Waals surface area contributed by atoms with Gasteiger partial charge >= 0.3 is 0 Å². The number of amides is 3. The molecule has 0 radical (unpaired) electrons. The third-order valence-corrected chi connectivity index (χ3v) is 6.97. The third kappa shape index (κ3) is 5.58. The number of likely N-dealkylation sites (tertiary alicyclic amines) is 1. The van der Waals surface area contributed by atoms with Gasteiger partial charge in [-0.1, -0.05) is 37.1 Å². The van der Waals surface area contributed by atoms with Gasteiger partial charge in [-0.3, -0.25) is 14.4 Å². The first-order valence-corrected chi connectivity index (χ1v) is 12.2. The summed E-state index contributed by atoms with van der Waals surface area (Å²) in [7, 11) is 1.59. The normalized spacial score (nSPS) is 26.2. The molecule has 8 heteroatoms. The molecule has 0 aromatic heterocycles. The molecule has 1 aliphatic heterocycles. The maximum Gasteiger partial charge on any atom is 0.247 e. The second-order valence-electron chi connectivity index (χ2n) is 8.84. The van der Waals surface area contributed by atoms with Crippen LogP contribution in [0, 0.1) is 23.7 Å². The SMILES string of the molecule is CCC[C@@H]1C=C[C@H]2[C@H](C(=O)N(CCCCCO)[C@@H]2C(=O)Nc2ccc(Cl)cc2)[C@@H]1C(=O)NC. The molecule has 180 valence electrons. The van der Waals surface area contributed by atoms with Crippen molar-refractivity contribution in [2.24, 2.45) is 23.7 Å². The van der Waals surface area contributed by atoms with Crippen molar-refractivity contribution in [2.75, 3.05) is 25.5 Å². The van der Waals surface area contributed by atoms with Gasteiger partial charge in [0, 0.05) is 36.8 Å². The largest absolute Gasteiger partial charge is 0.396 e. The summed E-state index contributed by atoms with van der Waals surface area (Å²) in [4.78, 5) is 41.6. The van der Waals surface area contributed by atoms with Gasteiger partial charge < -0.3 is 20.6 Å². The summed E-state index contributed by atoms with van der Waals surface area (Å²) >= 11 is 5.96. The molecular formula is C25H34ClN3O4. The Hall–Kier alpha value is -2.38. The van der Waals surface area contributed by atoms with E-state index in [4.69, 9.17) is 16.7 Å². The molecule has 0 bridgehead atoms. The van der Waals surface area contributed by atoms with Crippen LogP contribution in [0.3, 0.4) is 0 Å². The van der Waals surface area contributed by atoms with Gasteiger partial charge in [-0.05, 0) is 55.9 Å². The number of hydrogen-bond donors (Lipinski definition) is 3. The van der Waals surface area contributed by atoms with Crippen LogP contribution in [0.4, 0.5) is 5.69 Å². The fourth-order valence-corrected chi connectivity index (χ4v) is 5.32. The standard InChI is InChI=1S/C25H34ClN3O4/c1-3-7-16-8-13-19-21(20(16)23(31)27-2)25(33)29(14-5-4-6-15-30)22(19)24(32)28-18-11-9-17(26)10-12-18/h8-13,16,19-22,30H,3-7,14-15H2,1-2H3,(H,27,31)(H,28,32)/t16-,19+,20-,21+,22+/m1/s1. The first kappa shape index (κ1) is 25.2. The summed E-state index contributed by atoms with van der Waals surface area (Å²) in [6, 6.07) is 6.15. The zero-order valence-electron chi connectivity index (χ0n) is 19.3. The number of fused-ring (bicyclic) bond motifs is 1. The number of anilines is 1. The van der Waals surface area contributed by atoms with Crippen LogP contribution in [0.1, 0.15) is 39.0 Å². The van der Waals surface area contributed by atoms with Gasteiger partial charge in [-0.25, -0.2) is 0 Å². The number of aliphatic hydroxyl groups is 1. The Labute approximate surface area is 200 Å². The predicted molar refractivity (Wildman–Crippen MR) is 129 cm³/mol. The van der Waals surface area contributed by atoms with Crippen LogP contribution in [0.2, 0.25) is 5.02 Å². The highest BCUT2D eigenvalue weighted by Gasteiger charge is 2.56. The lowest BCUT2D eigenvalue weighted by Crippen LogP contribution is -2.45. The highest BCUT2D eigenvalue weighted by Crippen LogP contribution is 2.45. The number of nitrogens with zero attached hydrogens (tertiary/aromatic N) is 1. The van der Waals surface area contributed by atoms with E-state index in [0.717, 1.165) is 19.3 Å². The van der Waals surface area contributed by atoms with Crippen molar-refractivity contribution in [3.8, 4) is 0 Å². The molecular weight excluding hydrogens is 442 g/mol. The van der Waals surface area contributed by atoms with Crippen LogP contribution in [0.5, 0.6) is 0 Å². The first-order valence-electron chi connectivity index (χ1n) is 11.8. The lowest BCUT2D eigenvalue weighted by Gasteiger charge is -2.34. The molecule has 7 nitrogen and oxygen atoms in total. The van der Waals surface area contributed by atoms with Crippen molar-refractivity contribution in [3.63, 3.8) is 0 Å². The van der Waals surface area contributed by atoms with Crippen LogP contribution in [-0.2, 0) is 14.4 Å². The summed E-state index contributed by atoms with van der Waals surface area (Å²) in [5.74, 6) is -2.03. The Bertz CT molecular complexity index is 873. The average molecular weight is 476 g/mol. The van der Waals surface area contributed by atoms with Crippen molar-refractivity contribution < 1.29 is 19.5 Å². The van der Waals surface area contributed by atoms with Crippen molar-refractivity contribution >= 4 is 35.0 Å². The van der Waals surface area contributed by atoms with Crippen LogP contribution in [0.25, 0.3) is 0 Å². The smallest absolute Gasteiger partial charge is 0.247 e. The van der Waals surface area contributed by atoms with Gasteiger partial charge in [-0.15, -0.1) is 0 Å². The number of benzene rings is 1. The molecule has 33 heavy (non-hydrogen) atoms. The van der Waals surface area contributed by atoms with Crippen LogP contribution < -0.4 is 10.6 Å². The predicted octanol–water partition coefficient (Wildman–Crippen LogP) is 3.23. The minimum absolute atomic E-state index is 0.0329. The Morgan fingerprint density at radius 3 is 2.45 bits per heavy atom. The average Bonchev–Trinajstić information content (AvgIpc) is 3.09. The zero-order chi connectivity index (χ0) is 24.0. The molecule has 3 N–H and O–H groups in total.